The number of aliphatic imine (C=N–C) groups is 1. The Morgan fingerprint density at radius 1 is 1.26 bits per heavy atom. The molecule has 3 aliphatic heterocycles. The summed E-state index contributed by atoms with van der Waals surface area (Å²) in [6.07, 6.45) is 4.83. The van der Waals surface area contributed by atoms with Gasteiger partial charge in [0.25, 0.3) is 5.91 Å². The number of phenols is 1. The molecule has 0 aliphatic carbocycles. The average Bonchev–Trinajstić information content (AvgIpc) is 3.15. The van der Waals surface area contributed by atoms with Crippen molar-refractivity contribution in [2.75, 3.05) is 18.5 Å². The number of para-hydroxylation sites is 2. The van der Waals surface area contributed by atoms with Gasteiger partial charge in [-0.2, -0.15) is 0 Å². The molecule has 1 aromatic rings. The van der Waals surface area contributed by atoms with Crippen molar-refractivity contribution in [1.29, 1.82) is 0 Å². The second kappa shape index (κ2) is 6.15. The van der Waals surface area contributed by atoms with Crippen LogP contribution in [0.2, 0.25) is 0 Å². The van der Waals surface area contributed by atoms with Crippen LogP contribution in [-0.2, 0) is 4.79 Å². The molecule has 2 unspecified atom stereocenters. The van der Waals surface area contributed by atoms with E-state index in [-0.39, 0.29) is 24.2 Å². The van der Waals surface area contributed by atoms with E-state index in [1.807, 2.05) is 32.2 Å². The molecule has 0 spiro atoms. The molecule has 1 saturated heterocycles. The minimum atomic E-state index is -0.612. The number of urea groups is 1. The summed E-state index contributed by atoms with van der Waals surface area (Å²) < 4.78 is 0. The highest BCUT2D eigenvalue weighted by Gasteiger charge is 2.54. The number of phenolic OH excluding ortho intramolecular Hbond substituents is 1. The zero-order chi connectivity index (χ0) is 19.3. The maximum Gasteiger partial charge on any atom is 0.328 e. The number of imide groups is 1. The molecule has 27 heavy (non-hydrogen) atoms. The molecule has 3 heterocycles. The fourth-order valence-corrected chi connectivity index (χ4v) is 3.68. The molecule has 8 nitrogen and oxygen atoms in total. The maximum atomic E-state index is 13.1. The lowest BCUT2D eigenvalue weighted by Gasteiger charge is -2.39. The van der Waals surface area contributed by atoms with Crippen molar-refractivity contribution in [1.82, 2.24) is 14.7 Å². The summed E-state index contributed by atoms with van der Waals surface area (Å²) >= 11 is 0. The van der Waals surface area contributed by atoms with Gasteiger partial charge in [0.2, 0.25) is 5.96 Å². The van der Waals surface area contributed by atoms with E-state index in [0.717, 1.165) is 5.70 Å². The van der Waals surface area contributed by atoms with E-state index in [0.29, 0.717) is 11.6 Å². The van der Waals surface area contributed by atoms with Crippen LogP contribution >= 0.6 is 0 Å². The molecule has 1 aromatic carbocycles. The van der Waals surface area contributed by atoms with E-state index in [1.54, 1.807) is 41.1 Å². The van der Waals surface area contributed by atoms with E-state index >= 15 is 0 Å². The second-order valence-electron chi connectivity index (χ2n) is 6.70. The minimum absolute atomic E-state index is 0.120. The van der Waals surface area contributed by atoms with E-state index < -0.39 is 12.2 Å². The van der Waals surface area contributed by atoms with Crippen molar-refractivity contribution < 1.29 is 14.7 Å². The minimum Gasteiger partial charge on any atom is -0.506 e. The van der Waals surface area contributed by atoms with Crippen LogP contribution < -0.4 is 4.90 Å². The number of benzene rings is 1. The highest BCUT2D eigenvalue weighted by molar-refractivity contribution is 6.10. The van der Waals surface area contributed by atoms with Crippen molar-refractivity contribution in [2.24, 2.45) is 4.99 Å². The topological polar surface area (TPSA) is 79.7 Å². The van der Waals surface area contributed by atoms with Gasteiger partial charge < -0.3 is 14.9 Å². The number of amides is 3. The lowest BCUT2D eigenvalue weighted by atomic mass is 10.1. The summed E-state index contributed by atoms with van der Waals surface area (Å²) in [6, 6.07) is 5.99. The third kappa shape index (κ3) is 2.40. The molecule has 140 valence electrons. The van der Waals surface area contributed by atoms with E-state index in [4.69, 9.17) is 0 Å². The first-order valence-corrected chi connectivity index (χ1v) is 8.77. The van der Waals surface area contributed by atoms with Crippen molar-refractivity contribution in [2.45, 2.75) is 26.1 Å². The Morgan fingerprint density at radius 2 is 2.00 bits per heavy atom. The molecule has 0 aromatic heterocycles. The molecule has 3 amide bonds. The lowest BCUT2D eigenvalue weighted by molar-refractivity contribution is -0.136. The first-order valence-electron chi connectivity index (χ1n) is 8.77. The predicted octanol–water partition coefficient (Wildman–Crippen LogP) is 1.91. The number of aromatic hydroxyl groups is 1. The van der Waals surface area contributed by atoms with Gasteiger partial charge in [0.15, 0.2) is 12.2 Å². The second-order valence-corrected chi connectivity index (χ2v) is 6.70. The molecular weight excluding hydrogens is 346 g/mol. The van der Waals surface area contributed by atoms with Gasteiger partial charge >= 0.3 is 6.03 Å². The number of hydrogen-bond donors (Lipinski definition) is 1. The zero-order valence-electron chi connectivity index (χ0n) is 15.4. The zero-order valence-corrected chi connectivity index (χ0v) is 15.4. The summed E-state index contributed by atoms with van der Waals surface area (Å²) in [7, 11) is 1.65. The number of hydrogen-bond acceptors (Lipinski definition) is 6. The Hall–Kier alpha value is -3.29. The summed E-state index contributed by atoms with van der Waals surface area (Å²) in [5.74, 6) is 0.378. The first kappa shape index (κ1) is 17.1. The number of allylic oxidation sites excluding steroid dienone is 2. The first-order chi connectivity index (χ1) is 13.0. The number of carbonyl (C=O) groups excluding carboxylic acids is 2. The number of likely N-dealkylation sites (N-methyl/N-ethyl adjacent to an activating group) is 1. The Bertz CT molecular complexity index is 906. The molecule has 1 fully saturated rings. The summed E-state index contributed by atoms with van der Waals surface area (Å²) in [5.41, 5.74) is 1.42. The number of nitrogens with zero attached hydrogens (tertiary/aromatic N) is 5. The smallest absolute Gasteiger partial charge is 0.328 e. The van der Waals surface area contributed by atoms with Gasteiger partial charge in [-0.15, -0.1) is 0 Å². The third-order valence-corrected chi connectivity index (χ3v) is 5.03. The van der Waals surface area contributed by atoms with Crippen LogP contribution in [-0.4, -0.2) is 63.5 Å². The fraction of sp³-hybridized carbons (Fsp3) is 0.316. The number of anilines is 1. The molecule has 4 rings (SSSR count). The van der Waals surface area contributed by atoms with Crippen LogP contribution in [0.25, 0.3) is 0 Å². The molecule has 8 heteroatoms. The molecular formula is C19H21N5O3. The molecule has 0 radical (unpaired) electrons. The van der Waals surface area contributed by atoms with Gasteiger partial charge in [0, 0.05) is 25.5 Å². The monoisotopic (exact) mass is 367 g/mol. The van der Waals surface area contributed by atoms with Crippen molar-refractivity contribution in [3.63, 3.8) is 0 Å². The van der Waals surface area contributed by atoms with Gasteiger partial charge in [-0.25, -0.2) is 9.79 Å². The van der Waals surface area contributed by atoms with E-state index in [2.05, 4.69) is 4.99 Å². The van der Waals surface area contributed by atoms with Crippen LogP contribution in [0.3, 0.4) is 0 Å². The number of carbonyl (C=O) groups is 2. The number of guanidine groups is 1. The number of fused-ring (bicyclic) bond motifs is 3. The lowest BCUT2D eigenvalue weighted by Crippen LogP contribution is -2.64. The molecule has 0 saturated carbocycles. The number of rotatable bonds is 3. The van der Waals surface area contributed by atoms with Gasteiger partial charge in [-0.3, -0.25) is 14.6 Å². The van der Waals surface area contributed by atoms with Crippen molar-refractivity contribution in [3.05, 3.63) is 48.3 Å². The van der Waals surface area contributed by atoms with Gasteiger partial charge in [-0.1, -0.05) is 24.3 Å². The maximum absolute atomic E-state index is 13.1. The largest absolute Gasteiger partial charge is 0.506 e. The van der Waals surface area contributed by atoms with E-state index in [1.165, 1.54) is 9.80 Å². The highest BCUT2D eigenvalue weighted by atomic mass is 16.3. The molecule has 3 aliphatic rings. The van der Waals surface area contributed by atoms with E-state index in [9.17, 15) is 14.7 Å². The quantitative estimate of drug-likeness (QED) is 0.826. The fourth-order valence-electron chi connectivity index (χ4n) is 3.68. The van der Waals surface area contributed by atoms with Crippen LogP contribution in [0.1, 0.15) is 13.8 Å². The Balaban J connectivity index is 1.73. The van der Waals surface area contributed by atoms with Gasteiger partial charge in [0.1, 0.15) is 5.75 Å². The summed E-state index contributed by atoms with van der Waals surface area (Å²) in [5, 5.41) is 10.3. The SMILES string of the molecule is C/C=C/CN1C(=O)C2C(N=C3N(c4ccccc4O)C(C)=CN32)N(C)C1=O. The Morgan fingerprint density at radius 3 is 2.70 bits per heavy atom. The Labute approximate surface area is 157 Å². The third-order valence-electron chi connectivity index (χ3n) is 5.03. The molecule has 0 bridgehead atoms. The molecule has 2 atom stereocenters. The average molecular weight is 367 g/mol. The van der Waals surface area contributed by atoms with Crippen LogP contribution in [0, 0.1) is 0 Å². The Kier molecular flexibility index (Phi) is 3.91. The van der Waals surface area contributed by atoms with Crippen molar-refractivity contribution >= 4 is 23.6 Å². The highest BCUT2D eigenvalue weighted by Crippen LogP contribution is 2.39. The summed E-state index contributed by atoms with van der Waals surface area (Å²) in [6.45, 7) is 3.97. The van der Waals surface area contributed by atoms with Crippen LogP contribution in [0.4, 0.5) is 10.5 Å². The predicted molar refractivity (Wildman–Crippen MR) is 101 cm³/mol. The van der Waals surface area contributed by atoms with Gasteiger partial charge in [-0.05, 0) is 26.0 Å². The molecule has 1 N–H and O–H groups in total. The standard InChI is InChI=1S/C19H21N5O3/c1-4-5-10-22-17(26)15-16(21(3)19(22)27)20-18-23(15)11-12(2)24(18)13-8-6-7-9-14(13)25/h4-9,11,15-16,25H,10H2,1-3H3/b5-4+. The summed E-state index contributed by atoms with van der Waals surface area (Å²) in [4.78, 5) is 36.7. The normalized spacial score (nSPS) is 24.6. The van der Waals surface area contributed by atoms with Crippen molar-refractivity contribution in [3.8, 4) is 5.75 Å². The van der Waals surface area contributed by atoms with Crippen LogP contribution in [0.15, 0.2) is 53.3 Å². The van der Waals surface area contributed by atoms with Gasteiger partial charge in [0.05, 0.1) is 5.69 Å². The van der Waals surface area contributed by atoms with Crippen LogP contribution in [0.5, 0.6) is 5.75 Å².